The molecule has 0 radical (unpaired) electrons. The van der Waals surface area contributed by atoms with Crippen molar-refractivity contribution in [2.24, 2.45) is 0 Å². The number of hydrogen-bond donors (Lipinski definition) is 1. The number of hydrogen-bond acceptors (Lipinski definition) is 3. The number of benzene rings is 1. The first-order chi connectivity index (χ1) is 13.2. The van der Waals surface area contributed by atoms with Crippen LogP contribution in [0.1, 0.15) is 48.2 Å². The first kappa shape index (κ1) is 18.7. The number of aryl methyl sites for hydroxylation is 1. The average molecular weight is 392 g/mol. The van der Waals surface area contributed by atoms with Gasteiger partial charge in [0.2, 0.25) is 0 Å². The van der Waals surface area contributed by atoms with Crippen LogP contribution in [0.3, 0.4) is 0 Å². The summed E-state index contributed by atoms with van der Waals surface area (Å²) < 4.78 is 53.1. The van der Waals surface area contributed by atoms with Crippen LogP contribution in [0, 0.1) is 6.92 Å². The van der Waals surface area contributed by atoms with Gasteiger partial charge in [-0.15, -0.1) is 0 Å². The number of nitrogens with one attached hydrogen (secondary N) is 1. The van der Waals surface area contributed by atoms with Gasteiger partial charge in [-0.1, -0.05) is 19.1 Å². The van der Waals surface area contributed by atoms with E-state index in [2.05, 4.69) is 15.4 Å². The van der Waals surface area contributed by atoms with Crippen molar-refractivity contribution in [1.29, 1.82) is 0 Å². The monoisotopic (exact) mass is 392 g/mol. The largest absolute Gasteiger partial charge is 0.416 e. The zero-order valence-corrected chi connectivity index (χ0v) is 15.5. The van der Waals surface area contributed by atoms with Crippen LogP contribution in [-0.2, 0) is 6.18 Å². The molecule has 0 bridgehead atoms. The Kier molecular flexibility index (Phi) is 4.51. The Morgan fingerprint density at radius 2 is 1.82 bits per heavy atom. The van der Waals surface area contributed by atoms with Crippen LogP contribution in [0.2, 0.25) is 0 Å². The molecule has 2 aromatic heterocycles. The van der Waals surface area contributed by atoms with Crippen molar-refractivity contribution >= 4 is 11.5 Å². The highest BCUT2D eigenvalue weighted by atomic mass is 19.4. The predicted molar refractivity (Wildman–Crippen MR) is 98.2 cm³/mol. The number of rotatable bonds is 4. The third kappa shape index (κ3) is 3.55. The Morgan fingerprint density at radius 1 is 1.14 bits per heavy atom. The van der Waals surface area contributed by atoms with E-state index >= 15 is 0 Å². The molecule has 148 valence electrons. The van der Waals surface area contributed by atoms with E-state index in [0.717, 1.165) is 29.2 Å². The van der Waals surface area contributed by atoms with E-state index < -0.39 is 17.9 Å². The van der Waals surface area contributed by atoms with Gasteiger partial charge in [0.05, 0.1) is 11.3 Å². The SMILES string of the molecule is Cc1cc(NC2CC(F)C2)n2nc(C(C)c3ccc(C(F)(F)F)cc3)cc2n1. The zero-order valence-electron chi connectivity index (χ0n) is 15.5. The molecule has 4 rings (SSSR count). The summed E-state index contributed by atoms with van der Waals surface area (Å²) in [6, 6.07) is 8.88. The van der Waals surface area contributed by atoms with Crippen molar-refractivity contribution in [3.8, 4) is 0 Å². The van der Waals surface area contributed by atoms with Crippen molar-refractivity contribution in [3.63, 3.8) is 0 Å². The van der Waals surface area contributed by atoms with Crippen LogP contribution < -0.4 is 5.32 Å². The van der Waals surface area contributed by atoms with Gasteiger partial charge in [0, 0.05) is 29.8 Å². The van der Waals surface area contributed by atoms with Crippen LogP contribution in [-0.4, -0.2) is 26.8 Å². The molecule has 3 aromatic rings. The van der Waals surface area contributed by atoms with Gasteiger partial charge in [-0.05, 0) is 37.5 Å². The number of anilines is 1. The van der Waals surface area contributed by atoms with Gasteiger partial charge in [-0.25, -0.2) is 9.37 Å². The van der Waals surface area contributed by atoms with E-state index in [-0.39, 0.29) is 12.0 Å². The van der Waals surface area contributed by atoms with E-state index in [0.29, 0.717) is 24.2 Å². The van der Waals surface area contributed by atoms with Crippen molar-refractivity contribution in [2.75, 3.05) is 5.32 Å². The number of nitrogens with zero attached hydrogens (tertiary/aromatic N) is 3. The summed E-state index contributed by atoms with van der Waals surface area (Å²) >= 11 is 0. The second kappa shape index (κ2) is 6.76. The zero-order chi connectivity index (χ0) is 20.1. The van der Waals surface area contributed by atoms with E-state index in [1.54, 1.807) is 4.52 Å². The summed E-state index contributed by atoms with van der Waals surface area (Å²) in [5.74, 6) is 0.543. The Morgan fingerprint density at radius 3 is 2.43 bits per heavy atom. The molecule has 0 spiro atoms. The smallest absolute Gasteiger partial charge is 0.367 e. The maximum atomic E-state index is 13.1. The minimum atomic E-state index is -4.35. The average Bonchev–Trinajstić information content (AvgIpc) is 3.03. The fraction of sp³-hybridized carbons (Fsp3) is 0.400. The fourth-order valence-corrected chi connectivity index (χ4v) is 3.44. The molecular weight excluding hydrogens is 372 g/mol. The van der Waals surface area contributed by atoms with Gasteiger partial charge in [0.1, 0.15) is 12.0 Å². The number of fused-ring (bicyclic) bond motifs is 1. The lowest BCUT2D eigenvalue weighted by Gasteiger charge is -2.31. The maximum absolute atomic E-state index is 13.1. The Hall–Kier alpha value is -2.64. The van der Waals surface area contributed by atoms with Gasteiger partial charge >= 0.3 is 6.18 Å². The quantitative estimate of drug-likeness (QED) is 0.627. The lowest BCUT2D eigenvalue weighted by atomic mass is 9.91. The first-order valence-electron chi connectivity index (χ1n) is 9.16. The molecule has 0 saturated heterocycles. The van der Waals surface area contributed by atoms with E-state index in [1.165, 1.54) is 12.1 Å². The van der Waals surface area contributed by atoms with Gasteiger partial charge in [0.15, 0.2) is 5.65 Å². The molecule has 1 aliphatic carbocycles. The van der Waals surface area contributed by atoms with Crippen molar-refractivity contribution < 1.29 is 17.6 Å². The summed E-state index contributed by atoms with van der Waals surface area (Å²) in [6.07, 6.45) is -4.17. The predicted octanol–water partition coefficient (Wildman–Crippen LogP) is 5.12. The Labute approximate surface area is 159 Å². The van der Waals surface area contributed by atoms with Crippen LogP contribution in [0.5, 0.6) is 0 Å². The molecule has 1 aliphatic rings. The molecule has 1 unspecified atom stereocenters. The number of alkyl halides is 4. The van der Waals surface area contributed by atoms with Crippen molar-refractivity contribution in [2.45, 2.75) is 51.0 Å². The van der Waals surface area contributed by atoms with Gasteiger partial charge in [0.25, 0.3) is 0 Å². The molecular formula is C20H20F4N4. The highest BCUT2D eigenvalue weighted by molar-refractivity contribution is 5.52. The second-order valence-corrected chi connectivity index (χ2v) is 7.37. The summed E-state index contributed by atoms with van der Waals surface area (Å²) in [7, 11) is 0. The summed E-state index contributed by atoms with van der Waals surface area (Å²) in [4.78, 5) is 4.48. The third-order valence-electron chi connectivity index (χ3n) is 5.19. The Bertz CT molecular complexity index is 988. The maximum Gasteiger partial charge on any atom is 0.416 e. The molecule has 0 aliphatic heterocycles. The highest BCUT2D eigenvalue weighted by Gasteiger charge is 2.31. The molecule has 4 nitrogen and oxygen atoms in total. The van der Waals surface area contributed by atoms with Crippen molar-refractivity contribution in [3.05, 3.63) is 58.9 Å². The number of halogens is 4. The van der Waals surface area contributed by atoms with Gasteiger partial charge < -0.3 is 5.32 Å². The minimum absolute atomic E-state index is 0.0694. The van der Waals surface area contributed by atoms with E-state index in [9.17, 15) is 17.6 Å². The lowest BCUT2D eigenvalue weighted by molar-refractivity contribution is -0.137. The van der Waals surface area contributed by atoms with E-state index in [4.69, 9.17) is 0 Å². The van der Waals surface area contributed by atoms with Crippen LogP contribution in [0.25, 0.3) is 5.65 Å². The topological polar surface area (TPSA) is 42.2 Å². The third-order valence-corrected chi connectivity index (χ3v) is 5.19. The highest BCUT2D eigenvalue weighted by Crippen LogP contribution is 2.32. The lowest BCUT2D eigenvalue weighted by Crippen LogP contribution is -2.37. The standard InChI is InChI=1S/C20H20F4N4/c1-11-7-18(26-16-8-15(21)9-16)28-19(25-11)10-17(27-28)12(2)13-3-5-14(6-4-13)20(22,23)24/h3-7,10,12,15-16,26H,8-9H2,1-2H3. The minimum Gasteiger partial charge on any atom is -0.367 e. The van der Waals surface area contributed by atoms with Crippen LogP contribution in [0.15, 0.2) is 36.4 Å². The second-order valence-electron chi connectivity index (χ2n) is 7.37. The molecule has 1 N–H and O–H groups in total. The van der Waals surface area contributed by atoms with Gasteiger partial charge in [-0.2, -0.15) is 22.8 Å². The molecule has 8 heteroatoms. The van der Waals surface area contributed by atoms with Crippen LogP contribution in [0.4, 0.5) is 23.4 Å². The molecule has 1 atom stereocenters. The first-order valence-corrected chi connectivity index (χ1v) is 9.16. The summed E-state index contributed by atoms with van der Waals surface area (Å²) in [6.45, 7) is 3.76. The molecule has 1 fully saturated rings. The Balaban J connectivity index is 1.63. The molecule has 1 saturated carbocycles. The van der Waals surface area contributed by atoms with Crippen molar-refractivity contribution in [1.82, 2.24) is 14.6 Å². The summed E-state index contributed by atoms with van der Waals surface area (Å²) in [5, 5.41) is 7.91. The molecule has 1 aromatic carbocycles. The molecule has 28 heavy (non-hydrogen) atoms. The molecule has 2 heterocycles. The van der Waals surface area contributed by atoms with Crippen LogP contribution >= 0.6 is 0 Å². The number of aromatic nitrogens is 3. The summed E-state index contributed by atoms with van der Waals surface area (Å²) in [5.41, 5.74) is 2.22. The fourth-order valence-electron chi connectivity index (χ4n) is 3.44. The van der Waals surface area contributed by atoms with Gasteiger partial charge in [-0.3, -0.25) is 0 Å². The molecule has 0 amide bonds. The van der Waals surface area contributed by atoms with E-state index in [1.807, 2.05) is 26.0 Å². The normalized spacial score (nSPS) is 20.8.